The van der Waals surface area contributed by atoms with Gasteiger partial charge in [-0.2, -0.15) is 0 Å². The van der Waals surface area contributed by atoms with E-state index < -0.39 is 11.8 Å². The molecular weight excluding hydrogens is 288 g/mol. The van der Waals surface area contributed by atoms with Gasteiger partial charge in [-0.25, -0.2) is 4.79 Å². The molecule has 0 saturated carbocycles. The highest BCUT2D eigenvalue weighted by Gasteiger charge is 2.34. The molecule has 1 unspecified atom stereocenters. The molecule has 1 aliphatic rings. The van der Waals surface area contributed by atoms with Gasteiger partial charge in [-0.3, -0.25) is 4.79 Å². The van der Waals surface area contributed by atoms with Gasteiger partial charge in [0.2, 0.25) is 5.79 Å². The summed E-state index contributed by atoms with van der Waals surface area (Å²) in [5, 5.41) is 13.8. The number of amides is 2. The van der Waals surface area contributed by atoms with E-state index in [2.05, 4.69) is 10.6 Å². The molecule has 1 aromatic rings. The second-order valence-electron chi connectivity index (χ2n) is 5.23. The molecule has 2 rings (SSSR count). The number of rotatable bonds is 6. The van der Waals surface area contributed by atoms with Crippen LogP contribution in [0.5, 0.6) is 11.5 Å². The maximum Gasteiger partial charge on any atom is 0.319 e. The van der Waals surface area contributed by atoms with Gasteiger partial charge in [-0.1, -0.05) is 6.92 Å². The van der Waals surface area contributed by atoms with Crippen LogP contribution >= 0.6 is 0 Å². The Morgan fingerprint density at radius 1 is 1.27 bits per heavy atom. The number of aliphatic carboxylic acids is 1. The van der Waals surface area contributed by atoms with Crippen LogP contribution in [0.4, 0.5) is 10.5 Å². The molecule has 22 heavy (non-hydrogen) atoms. The number of hydrogen-bond donors (Lipinski definition) is 3. The van der Waals surface area contributed by atoms with Gasteiger partial charge in [0.15, 0.2) is 11.5 Å². The van der Waals surface area contributed by atoms with Gasteiger partial charge in [0, 0.05) is 38.1 Å². The van der Waals surface area contributed by atoms with Crippen molar-refractivity contribution in [3.05, 3.63) is 18.2 Å². The lowest BCUT2D eigenvalue weighted by molar-refractivity contribution is -0.137. The Morgan fingerprint density at radius 3 is 2.68 bits per heavy atom. The van der Waals surface area contributed by atoms with E-state index in [1.54, 1.807) is 18.2 Å². The zero-order valence-corrected chi connectivity index (χ0v) is 12.6. The molecule has 0 spiro atoms. The Balaban J connectivity index is 1.86. The third kappa shape index (κ3) is 4.03. The summed E-state index contributed by atoms with van der Waals surface area (Å²) < 4.78 is 11.4. The first-order valence-corrected chi connectivity index (χ1v) is 7.20. The lowest BCUT2D eigenvalue weighted by Crippen LogP contribution is -2.33. The molecule has 0 bridgehead atoms. The fourth-order valence-corrected chi connectivity index (χ4v) is 2.00. The van der Waals surface area contributed by atoms with Crippen LogP contribution in [-0.2, 0) is 4.79 Å². The number of carbonyl (C=O) groups excluding carboxylic acids is 1. The van der Waals surface area contributed by atoms with Crippen LogP contribution in [0, 0.1) is 0 Å². The highest BCUT2D eigenvalue weighted by atomic mass is 16.7. The average Bonchev–Trinajstić information content (AvgIpc) is 2.80. The highest BCUT2D eigenvalue weighted by molar-refractivity contribution is 5.89. The van der Waals surface area contributed by atoms with Crippen molar-refractivity contribution in [2.45, 2.75) is 38.9 Å². The molecule has 3 N–H and O–H groups in total. The molecule has 1 atom stereocenters. The largest absolute Gasteiger partial charge is 0.481 e. The van der Waals surface area contributed by atoms with Gasteiger partial charge in [0.1, 0.15) is 0 Å². The predicted molar refractivity (Wildman–Crippen MR) is 80.3 cm³/mol. The number of ether oxygens (including phenoxy) is 2. The molecule has 7 heteroatoms. The number of fused-ring (bicyclic) bond motifs is 1. The maximum absolute atomic E-state index is 11.7. The van der Waals surface area contributed by atoms with Crippen molar-refractivity contribution in [1.29, 1.82) is 0 Å². The van der Waals surface area contributed by atoms with Crippen LogP contribution in [0.3, 0.4) is 0 Å². The molecule has 0 saturated heterocycles. The van der Waals surface area contributed by atoms with E-state index in [9.17, 15) is 9.59 Å². The van der Waals surface area contributed by atoms with Crippen molar-refractivity contribution in [3.63, 3.8) is 0 Å². The third-order valence-corrected chi connectivity index (χ3v) is 3.35. The van der Waals surface area contributed by atoms with Gasteiger partial charge < -0.3 is 25.2 Å². The van der Waals surface area contributed by atoms with Crippen LogP contribution in [0.1, 0.15) is 33.1 Å². The first-order chi connectivity index (χ1) is 10.4. The summed E-state index contributed by atoms with van der Waals surface area (Å²) in [5.41, 5.74) is 0.582. The van der Waals surface area contributed by atoms with E-state index >= 15 is 0 Å². The predicted octanol–water partition coefficient (Wildman–Crippen LogP) is 2.57. The van der Waals surface area contributed by atoms with Crippen molar-refractivity contribution in [2.75, 3.05) is 11.9 Å². The van der Waals surface area contributed by atoms with Crippen molar-refractivity contribution in [3.8, 4) is 11.5 Å². The van der Waals surface area contributed by atoms with Crippen LogP contribution in [0.2, 0.25) is 0 Å². The summed E-state index contributed by atoms with van der Waals surface area (Å²) in [5.74, 6) is -0.304. The fraction of sp³-hybridized carbons (Fsp3) is 0.467. The summed E-state index contributed by atoms with van der Waals surface area (Å²) in [7, 11) is 0. The summed E-state index contributed by atoms with van der Waals surface area (Å²) in [6.07, 6.45) is 1.12. The molecule has 1 aromatic carbocycles. The Morgan fingerprint density at radius 2 is 2.00 bits per heavy atom. The van der Waals surface area contributed by atoms with Crippen molar-refractivity contribution < 1.29 is 24.2 Å². The molecule has 0 aromatic heterocycles. The van der Waals surface area contributed by atoms with Crippen LogP contribution < -0.4 is 20.1 Å². The van der Waals surface area contributed by atoms with Crippen LogP contribution in [-0.4, -0.2) is 29.4 Å². The standard InChI is InChI=1S/C15H20N2O5/c1-3-15(2)21-11-7-6-10(9-12(11)22-15)17-14(20)16-8-4-5-13(18)19/h6-7,9H,3-5,8H2,1-2H3,(H,18,19)(H2,16,17,20). The number of carboxylic acid groups (broad SMARTS) is 1. The number of hydrogen-bond acceptors (Lipinski definition) is 4. The fourth-order valence-electron chi connectivity index (χ4n) is 2.00. The van der Waals surface area contributed by atoms with Gasteiger partial charge in [0.05, 0.1) is 0 Å². The zero-order valence-electron chi connectivity index (χ0n) is 12.6. The molecule has 0 fully saturated rings. The van der Waals surface area contributed by atoms with E-state index in [-0.39, 0.29) is 12.5 Å². The lowest BCUT2D eigenvalue weighted by atomic mass is 10.2. The second kappa shape index (κ2) is 6.55. The van der Waals surface area contributed by atoms with Gasteiger partial charge in [0.25, 0.3) is 0 Å². The van der Waals surface area contributed by atoms with Crippen LogP contribution in [0.15, 0.2) is 18.2 Å². The Labute approximate surface area is 128 Å². The normalized spacial score (nSPS) is 18.8. The molecule has 1 heterocycles. The Bertz CT molecular complexity index is 575. The van der Waals surface area contributed by atoms with Crippen LogP contribution in [0.25, 0.3) is 0 Å². The minimum absolute atomic E-state index is 0.0277. The van der Waals surface area contributed by atoms with Crippen molar-refractivity contribution in [1.82, 2.24) is 5.32 Å². The second-order valence-corrected chi connectivity index (χ2v) is 5.23. The number of nitrogens with one attached hydrogen (secondary N) is 2. The van der Waals surface area contributed by atoms with Gasteiger partial charge in [-0.15, -0.1) is 0 Å². The van der Waals surface area contributed by atoms with E-state index in [0.29, 0.717) is 36.6 Å². The average molecular weight is 308 g/mol. The highest BCUT2D eigenvalue weighted by Crippen LogP contribution is 2.41. The minimum atomic E-state index is -0.878. The lowest BCUT2D eigenvalue weighted by Gasteiger charge is -2.20. The Kier molecular flexibility index (Phi) is 4.75. The molecular formula is C15H20N2O5. The summed E-state index contributed by atoms with van der Waals surface area (Å²) in [6, 6.07) is 4.78. The number of anilines is 1. The minimum Gasteiger partial charge on any atom is -0.481 e. The van der Waals surface area contributed by atoms with E-state index in [0.717, 1.165) is 0 Å². The molecule has 0 aliphatic carbocycles. The monoisotopic (exact) mass is 308 g/mol. The maximum atomic E-state index is 11.7. The third-order valence-electron chi connectivity index (χ3n) is 3.35. The number of urea groups is 1. The Hall–Kier alpha value is -2.44. The summed E-state index contributed by atoms with van der Waals surface area (Å²) in [6.45, 7) is 4.13. The molecule has 1 aliphatic heterocycles. The first kappa shape index (κ1) is 15.9. The molecule has 7 nitrogen and oxygen atoms in total. The number of benzene rings is 1. The van der Waals surface area contributed by atoms with E-state index in [4.69, 9.17) is 14.6 Å². The number of carboxylic acids is 1. The van der Waals surface area contributed by atoms with E-state index in [1.165, 1.54) is 0 Å². The quantitative estimate of drug-likeness (QED) is 0.702. The molecule has 0 radical (unpaired) electrons. The molecule has 2 amide bonds. The first-order valence-electron chi connectivity index (χ1n) is 7.20. The SMILES string of the molecule is CCC1(C)Oc2ccc(NC(=O)NCCCC(=O)O)cc2O1. The van der Waals surface area contributed by atoms with E-state index in [1.807, 2.05) is 13.8 Å². The summed E-state index contributed by atoms with van der Waals surface area (Å²) >= 11 is 0. The van der Waals surface area contributed by atoms with Crippen molar-refractivity contribution >= 4 is 17.7 Å². The zero-order chi connectivity index (χ0) is 16.2. The van der Waals surface area contributed by atoms with Crippen molar-refractivity contribution in [2.24, 2.45) is 0 Å². The van der Waals surface area contributed by atoms with Gasteiger partial charge in [-0.05, 0) is 18.6 Å². The molecule has 120 valence electrons. The van der Waals surface area contributed by atoms with Gasteiger partial charge >= 0.3 is 12.0 Å². The smallest absolute Gasteiger partial charge is 0.319 e. The number of carbonyl (C=O) groups is 2. The summed E-state index contributed by atoms with van der Waals surface area (Å²) in [4.78, 5) is 22.1. The topological polar surface area (TPSA) is 96.9 Å².